The molecule has 0 aliphatic carbocycles. The maximum absolute atomic E-state index is 12.1. The molecule has 1 amide bonds. The van der Waals surface area contributed by atoms with Gasteiger partial charge in [-0.05, 0) is 38.5 Å². The highest BCUT2D eigenvalue weighted by Crippen LogP contribution is 2.21. The Bertz CT molecular complexity index is 581. The molecule has 6 heteroatoms. The molecule has 0 fully saturated rings. The molecular formula is C13H18BrNO3S. The molecule has 0 saturated carbocycles. The van der Waals surface area contributed by atoms with Crippen LogP contribution in [-0.2, 0) is 14.6 Å². The van der Waals surface area contributed by atoms with Crippen LogP contribution >= 0.6 is 15.9 Å². The highest BCUT2D eigenvalue weighted by molar-refractivity contribution is 9.10. The number of carbonyl (C=O) groups excluding carboxylic acids is 1. The molecule has 1 rings (SSSR count). The van der Waals surface area contributed by atoms with Crippen molar-refractivity contribution in [2.75, 3.05) is 6.26 Å². The Kier molecular flexibility index (Phi) is 4.79. The lowest BCUT2D eigenvalue weighted by molar-refractivity contribution is -0.123. The SMILES string of the molecule is CC(NC(=O)C(C)(C)S(C)(=O)=O)c1cccc(Br)c1. The van der Waals surface area contributed by atoms with Gasteiger partial charge >= 0.3 is 0 Å². The van der Waals surface area contributed by atoms with E-state index < -0.39 is 20.5 Å². The number of nitrogens with one attached hydrogen (secondary N) is 1. The zero-order valence-electron chi connectivity index (χ0n) is 11.4. The summed E-state index contributed by atoms with van der Waals surface area (Å²) in [5, 5.41) is 2.73. The van der Waals surface area contributed by atoms with Gasteiger partial charge in [-0.2, -0.15) is 0 Å². The molecule has 0 aromatic heterocycles. The van der Waals surface area contributed by atoms with E-state index in [0.29, 0.717) is 0 Å². The van der Waals surface area contributed by atoms with Gasteiger partial charge in [0.15, 0.2) is 9.84 Å². The Morgan fingerprint density at radius 2 is 1.95 bits per heavy atom. The Morgan fingerprint density at radius 1 is 1.37 bits per heavy atom. The molecule has 0 heterocycles. The second-order valence-corrected chi connectivity index (χ2v) is 8.51. The molecular weight excluding hydrogens is 330 g/mol. The van der Waals surface area contributed by atoms with Crippen molar-refractivity contribution in [2.45, 2.75) is 31.6 Å². The number of hydrogen-bond donors (Lipinski definition) is 1. The minimum atomic E-state index is -3.46. The quantitative estimate of drug-likeness (QED) is 0.909. The summed E-state index contributed by atoms with van der Waals surface area (Å²) in [6.07, 6.45) is 1.07. The predicted octanol–water partition coefficient (Wildman–Crippen LogP) is 2.45. The lowest BCUT2D eigenvalue weighted by Crippen LogP contribution is -2.48. The Hall–Kier alpha value is -0.880. The number of carbonyl (C=O) groups is 1. The zero-order valence-corrected chi connectivity index (χ0v) is 13.8. The van der Waals surface area contributed by atoms with Gasteiger partial charge in [-0.3, -0.25) is 4.79 Å². The van der Waals surface area contributed by atoms with Crippen LogP contribution in [0.15, 0.2) is 28.7 Å². The van der Waals surface area contributed by atoms with E-state index in [1.54, 1.807) is 0 Å². The number of rotatable bonds is 4. The van der Waals surface area contributed by atoms with Gasteiger partial charge in [0, 0.05) is 10.7 Å². The minimum Gasteiger partial charge on any atom is -0.348 e. The second kappa shape index (κ2) is 5.63. The first-order valence-electron chi connectivity index (χ1n) is 5.81. The molecule has 1 aromatic carbocycles. The molecule has 0 aliphatic rings. The first-order valence-corrected chi connectivity index (χ1v) is 8.50. The van der Waals surface area contributed by atoms with Gasteiger partial charge in [0.25, 0.3) is 0 Å². The van der Waals surface area contributed by atoms with Crippen molar-refractivity contribution in [3.8, 4) is 0 Å². The molecule has 0 spiro atoms. The number of sulfone groups is 1. The van der Waals surface area contributed by atoms with Crippen LogP contribution in [-0.4, -0.2) is 25.3 Å². The van der Waals surface area contributed by atoms with Gasteiger partial charge in [0.2, 0.25) is 5.91 Å². The molecule has 1 aromatic rings. The average molecular weight is 348 g/mol. The summed E-state index contributed by atoms with van der Waals surface area (Å²) in [6.45, 7) is 4.63. The maximum atomic E-state index is 12.1. The number of hydrogen-bond acceptors (Lipinski definition) is 3. The van der Waals surface area contributed by atoms with E-state index in [1.165, 1.54) is 13.8 Å². The van der Waals surface area contributed by atoms with Crippen LogP contribution in [0.3, 0.4) is 0 Å². The first-order chi connectivity index (χ1) is 8.55. The fraction of sp³-hybridized carbons (Fsp3) is 0.462. The van der Waals surface area contributed by atoms with Crippen LogP contribution in [0.25, 0.3) is 0 Å². The summed E-state index contributed by atoms with van der Waals surface area (Å²) in [7, 11) is -3.46. The summed E-state index contributed by atoms with van der Waals surface area (Å²) in [5.41, 5.74) is 0.909. The van der Waals surface area contributed by atoms with Gasteiger partial charge in [0.05, 0.1) is 6.04 Å². The number of amides is 1. The van der Waals surface area contributed by atoms with E-state index >= 15 is 0 Å². The van der Waals surface area contributed by atoms with Crippen LogP contribution < -0.4 is 5.32 Å². The zero-order chi connectivity index (χ0) is 14.8. The second-order valence-electron chi connectivity index (χ2n) is 5.03. The van der Waals surface area contributed by atoms with Gasteiger partial charge < -0.3 is 5.32 Å². The molecule has 0 aliphatic heterocycles. The molecule has 1 N–H and O–H groups in total. The van der Waals surface area contributed by atoms with Crippen molar-refractivity contribution in [3.63, 3.8) is 0 Å². The van der Waals surface area contributed by atoms with Gasteiger partial charge in [-0.25, -0.2) is 8.42 Å². The van der Waals surface area contributed by atoms with E-state index in [2.05, 4.69) is 21.2 Å². The first kappa shape index (κ1) is 16.2. The van der Waals surface area contributed by atoms with Crippen LogP contribution in [0.5, 0.6) is 0 Å². The van der Waals surface area contributed by atoms with Crippen LogP contribution in [0.2, 0.25) is 0 Å². The molecule has 19 heavy (non-hydrogen) atoms. The molecule has 1 unspecified atom stereocenters. The summed E-state index contributed by atoms with van der Waals surface area (Å²) in [4.78, 5) is 12.1. The normalized spacial score (nSPS) is 13.9. The van der Waals surface area contributed by atoms with E-state index in [0.717, 1.165) is 16.3 Å². The van der Waals surface area contributed by atoms with Crippen LogP contribution in [0.4, 0.5) is 0 Å². The van der Waals surface area contributed by atoms with Gasteiger partial charge in [-0.1, -0.05) is 28.1 Å². The van der Waals surface area contributed by atoms with E-state index in [9.17, 15) is 13.2 Å². The average Bonchev–Trinajstić information content (AvgIpc) is 2.27. The summed E-state index contributed by atoms with van der Waals surface area (Å²) in [5.74, 6) is -0.498. The molecule has 4 nitrogen and oxygen atoms in total. The predicted molar refractivity (Wildman–Crippen MR) is 79.6 cm³/mol. The monoisotopic (exact) mass is 347 g/mol. The Labute approximate surface area is 122 Å². The largest absolute Gasteiger partial charge is 0.348 e. The van der Waals surface area contributed by atoms with Crippen LogP contribution in [0, 0.1) is 0 Å². The topological polar surface area (TPSA) is 63.2 Å². The molecule has 106 valence electrons. The third kappa shape index (κ3) is 3.79. The van der Waals surface area contributed by atoms with Crippen LogP contribution in [0.1, 0.15) is 32.4 Å². The van der Waals surface area contributed by atoms with E-state index in [-0.39, 0.29) is 6.04 Å². The highest BCUT2D eigenvalue weighted by atomic mass is 79.9. The highest BCUT2D eigenvalue weighted by Gasteiger charge is 2.38. The number of halogens is 1. The fourth-order valence-electron chi connectivity index (χ4n) is 1.40. The minimum absolute atomic E-state index is 0.258. The molecule has 0 bridgehead atoms. The van der Waals surface area contributed by atoms with Gasteiger partial charge in [0.1, 0.15) is 4.75 Å². The third-order valence-electron chi connectivity index (χ3n) is 3.17. The van der Waals surface area contributed by atoms with Crippen molar-refractivity contribution in [3.05, 3.63) is 34.3 Å². The van der Waals surface area contributed by atoms with Crippen molar-refractivity contribution in [1.29, 1.82) is 0 Å². The third-order valence-corrected chi connectivity index (χ3v) is 5.70. The van der Waals surface area contributed by atoms with Crippen molar-refractivity contribution in [2.24, 2.45) is 0 Å². The summed E-state index contributed by atoms with van der Waals surface area (Å²) < 4.78 is 22.7. The molecule has 1 atom stereocenters. The lowest BCUT2D eigenvalue weighted by atomic mass is 10.1. The summed E-state index contributed by atoms with van der Waals surface area (Å²) >= 11 is 3.36. The molecule has 0 saturated heterocycles. The Morgan fingerprint density at radius 3 is 2.42 bits per heavy atom. The van der Waals surface area contributed by atoms with E-state index in [1.807, 2.05) is 31.2 Å². The molecule has 0 radical (unpaired) electrons. The number of benzene rings is 1. The Balaban J connectivity index is 2.89. The standard InChI is InChI=1S/C13H18BrNO3S/c1-9(10-6-5-7-11(14)8-10)15-12(16)13(2,3)19(4,17)18/h5-9H,1-4H3,(H,15,16). The fourth-order valence-corrected chi connectivity index (χ4v) is 2.21. The smallest absolute Gasteiger partial charge is 0.241 e. The lowest BCUT2D eigenvalue weighted by Gasteiger charge is -2.24. The van der Waals surface area contributed by atoms with Crippen molar-refractivity contribution >= 4 is 31.7 Å². The summed E-state index contributed by atoms with van der Waals surface area (Å²) in [6, 6.07) is 7.26. The van der Waals surface area contributed by atoms with Crippen molar-refractivity contribution in [1.82, 2.24) is 5.32 Å². The van der Waals surface area contributed by atoms with Gasteiger partial charge in [-0.15, -0.1) is 0 Å². The van der Waals surface area contributed by atoms with E-state index in [4.69, 9.17) is 0 Å². The maximum Gasteiger partial charge on any atom is 0.241 e. The van der Waals surface area contributed by atoms with Crippen molar-refractivity contribution < 1.29 is 13.2 Å².